The minimum atomic E-state index is -0.287. The molecule has 2 rings (SSSR count). The van der Waals surface area contributed by atoms with Crippen LogP contribution >= 0.6 is 28.6 Å². The summed E-state index contributed by atoms with van der Waals surface area (Å²) in [6, 6.07) is 5.48. The fourth-order valence-electron chi connectivity index (χ4n) is 2.43. The van der Waals surface area contributed by atoms with Crippen LogP contribution in [0.2, 0.25) is 0 Å². The normalized spacial score (nSPS) is 18.4. The molecule has 1 atom stereocenters. The summed E-state index contributed by atoms with van der Waals surface area (Å²) in [7, 11) is 0. The molecule has 3 nitrogen and oxygen atoms in total. The first kappa shape index (κ1) is 14.9. The number of thiol groups is 1. The maximum absolute atomic E-state index is 12.4. The van der Waals surface area contributed by atoms with E-state index in [2.05, 4.69) is 28.6 Å². The van der Waals surface area contributed by atoms with E-state index >= 15 is 0 Å². The van der Waals surface area contributed by atoms with Crippen LogP contribution in [-0.2, 0) is 0 Å². The van der Waals surface area contributed by atoms with Gasteiger partial charge in [0.1, 0.15) is 0 Å². The summed E-state index contributed by atoms with van der Waals surface area (Å²) < 4.78 is 0.799. The summed E-state index contributed by atoms with van der Waals surface area (Å²) in [5.74, 6) is 0.343. The summed E-state index contributed by atoms with van der Waals surface area (Å²) in [6.45, 7) is 3.23. The van der Waals surface area contributed by atoms with E-state index in [1.807, 2.05) is 24.0 Å². The molecule has 1 unspecified atom stereocenters. The average molecular weight is 344 g/mol. The van der Waals surface area contributed by atoms with Gasteiger partial charge in [0, 0.05) is 22.5 Å². The summed E-state index contributed by atoms with van der Waals surface area (Å²) in [6.07, 6.45) is 1.44. The molecule has 0 radical (unpaired) electrons. The maximum atomic E-state index is 12.4. The zero-order chi connectivity index (χ0) is 14.0. The number of carbonyl (C=O) groups is 1. The molecule has 0 bridgehead atoms. The number of rotatable bonds is 2. The van der Waals surface area contributed by atoms with Gasteiger partial charge in [-0.2, -0.15) is 0 Å². The molecular formula is C14H18BrNO2S. The molecule has 5 heteroatoms. The number of likely N-dealkylation sites (tertiary alicyclic amines) is 1. The number of benzene rings is 1. The molecule has 0 saturated carbocycles. The second-order valence-corrected chi connectivity index (χ2v) is 6.41. The molecule has 1 amide bonds. The highest BCUT2D eigenvalue weighted by atomic mass is 79.9. The molecular weight excluding hydrogens is 326 g/mol. The molecule has 1 aromatic rings. The SMILES string of the molecule is CC(O)C1CCN(C(=O)c2cc(S)ccc2Br)CC1. The van der Waals surface area contributed by atoms with Crippen LogP contribution in [0.15, 0.2) is 27.6 Å². The number of piperidine rings is 1. The number of hydrogen-bond acceptors (Lipinski definition) is 3. The standard InChI is InChI=1S/C14H18BrNO2S/c1-9(17)10-4-6-16(7-5-10)14(18)12-8-11(19)2-3-13(12)15/h2-3,8-10,17,19H,4-7H2,1H3. The lowest BCUT2D eigenvalue weighted by molar-refractivity contribution is 0.0520. The smallest absolute Gasteiger partial charge is 0.255 e. The average Bonchev–Trinajstić information content (AvgIpc) is 2.41. The molecule has 0 aliphatic carbocycles. The van der Waals surface area contributed by atoms with E-state index in [0.29, 0.717) is 24.6 Å². The van der Waals surface area contributed by atoms with Crippen LogP contribution in [0.3, 0.4) is 0 Å². The summed E-state index contributed by atoms with van der Waals surface area (Å²) >= 11 is 7.69. The van der Waals surface area contributed by atoms with Crippen LogP contribution in [-0.4, -0.2) is 35.1 Å². The quantitative estimate of drug-likeness (QED) is 0.810. The Balaban J connectivity index is 2.07. The van der Waals surface area contributed by atoms with E-state index in [9.17, 15) is 9.90 Å². The number of halogens is 1. The van der Waals surface area contributed by atoms with Gasteiger partial charge in [-0.3, -0.25) is 4.79 Å². The van der Waals surface area contributed by atoms with Gasteiger partial charge < -0.3 is 10.0 Å². The topological polar surface area (TPSA) is 40.5 Å². The Bertz CT molecular complexity index is 471. The molecule has 1 heterocycles. The summed E-state index contributed by atoms with van der Waals surface area (Å²) in [4.78, 5) is 15.1. The third-order valence-electron chi connectivity index (χ3n) is 3.69. The number of aliphatic hydroxyl groups excluding tert-OH is 1. The highest BCUT2D eigenvalue weighted by Gasteiger charge is 2.26. The van der Waals surface area contributed by atoms with Crippen LogP contribution in [0.1, 0.15) is 30.1 Å². The Hall–Kier alpha value is -0.520. The molecule has 1 saturated heterocycles. The Morgan fingerprint density at radius 1 is 1.47 bits per heavy atom. The molecule has 1 aromatic carbocycles. The number of hydrogen-bond donors (Lipinski definition) is 2. The maximum Gasteiger partial charge on any atom is 0.255 e. The van der Waals surface area contributed by atoms with E-state index in [1.165, 1.54) is 0 Å². The van der Waals surface area contributed by atoms with Gasteiger partial charge in [-0.25, -0.2) is 0 Å². The number of aliphatic hydroxyl groups is 1. The first-order valence-corrected chi connectivity index (χ1v) is 7.69. The van der Waals surface area contributed by atoms with Gasteiger partial charge in [0.15, 0.2) is 0 Å². The van der Waals surface area contributed by atoms with Crippen molar-refractivity contribution in [2.75, 3.05) is 13.1 Å². The van der Waals surface area contributed by atoms with Crippen LogP contribution in [0.25, 0.3) is 0 Å². The van der Waals surface area contributed by atoms with Crippen molar-refractivity contribution >= 4 is 34.5 Å². The Morgan fingerprint density at radius 3 is 2.68 bits per heavy atom. The van der Waals surface area contributed by atoms with Crippen molar-refractivity contribution in [2.24, 2.45) is 5.92 Å². The number of carbonyl (C=O) groups excluding carboxylic acids is 1. The second kappa shape index (κ2) is 6.29. The van der Waals surface area contributed by atoms with Crippen LogP contribution in [0.5, 0.6) is 0 Å². The molecule has 0 aromatic heterocycles. The van der Waals surface area contributed by atoms with Gasteiger partial charge in [0.05, 0.1) is 11.7 Å². The monoisotopic (exact) mass is 343 g/mol. The van der Waals surface area contributed by atoms with Crippen molar-refractivity contribution in [3.05, 3.63) is 28.2 Å². The van der Waals surface area contributed by atoms with Crippen molar-refractivity contribution in [1.29, 1.82) is 0 Å². The first-order valence-electron chi connectivity index (χ1n) is 6.45. The van der Waals surface area contributed by atoms with E-state index in [0.717, 1.165) is 22.2 Å². The minimum absolute atomic E-state index is 0.0341. The molecule has 104 valence electrons. The minimum Gasteiger partial charge on any atom is -0.393 e. The second-order valence-electron chi connectivity index (χ2n) is 5.03. The van der Waals surface area contributed by atoms with E-state index in [1.54, 1.807) is 6.07 Å². The van der Waals surface area contributed by atoms with E-state index < -0.39 is 0 Å². The van der Waals surface area contributed by atoms with Crippen molar-refractivity contribution in [2.45, 2.75) is 30.8 Å². The van der Waals surface area contributed by atoms with E-state index in [4.69, 9.17) is 0 Å². The number of nitrogens with zero attached hydrogens (tertiary/aromatic N) is 1. The van der Waals surface area contributed by atoms with Crippen LogP contribution < -0.4 is 0 Å². The van der Waals surface area contributed by atoms with Gasteiger partial charge in [-0.1, -0.05) is 0 Å². The van der Waals surface area contributed by atoms with Gasteiger partial charge >= 0.3 is 0 Å². The van der Waals surface area contributed by atoms with Crippen molar-refractivity contribution < 1.29 is 9.90 Å². The largest absolute Gasteiger partial charge is 0.393 e. The lowest BCUT2D eigenvalue weighted by Crippen LogP contribution is -2.40. The van der Waals surface area contributed by atoms with Crippen LogP contribution in [0, 0.1) is 5.92 Å². The highest BCUT2D eigenvalue weighted by molar-refractivity contribution is 9.10. The summed E-state index contributed by atoms with van der Waals surface area (Å²) in [5, 5.41) is 9.58. The molecule has 1 aliphatic heterocycles. The molecule has 0 spiro atoms. The van der Waals surface area contributed by atoms with Gasteiger partial charge in [0.2, 0.25) is 0 Å². The van der Waals surface area contributed by atoms with Gasteiger partial charge in [-0.15, -0.1) is 12.6 Å². The fraction of sp³-hybridized carbons (Fsp3) is 0.500. The highest BCUT2D eigenvalue weighted by Crippen LogP contribution is 2.25. The third-order valence-corrected chi connectivity index (χ3v) is 4.66. The lowest BCUT2D eigenvalue weighted by atomic mass is 9.92. The fourth-order valence-corrected chi connectivity index (χ4v) is 3.05. The van der Waals surface area contributed by atoms with Gasteiger partial charge in [0.25, 0.3) is 5.91 Å². The van der Waals surface area contributed by atoms with E-state index in [-0.39, 0.29) is 12.0 Å². The lowest BCUT2D eigenvalue weighted by Gasteiger charge is -2.33. The zero-order valence-electron chi connectivity index (χ0n) is 10.8. The predicted molar refractivity (Wildman–Crippen MR) is 81.7 cm³/mol. The van der Waals surface area contributed by atoms with Crippen LogP contribution in [0.4, 0.5) is 0 Å². The molecule has 1 fully saturated rings. The Morgan fingerprint density at radius 2 is 2.11 bits per heavy atom. The molecule has 19 heavy (non-hydrogen) atoms. The van der Waals surface area contributed by atoms with Crippen molar-refractivity contribution in [3.63, 3.8) is 0 Å². The molecule has 1 N–H and O–H groups in total. The van der Waals surface area contributed by atoms with Crippen molar-refractivity contribution in [3.8, 4) is 0 Å². The Kier molecular flexibility index (Phi) is 4.92. The number of amides is 1. The van der Waals surface area contributed by atoms with Crippen molar-refractivity contribution in [1.82, 2.24) is 4.90 Å². The summed E-state index contributed by atoms with van der Waals surface area (Å²) in [5.41, 5.74) is 0.656. The predicted octanol–water partition coefficient (Wildman–Crippen LogP) is 2.97. The Labute approximate surface area is 127 Å². The van der Waals surface area contributed by atoms with Gasteiger partial charge in [-0.05, 0) is 59.8 Å². The third kappa shape index (κ3) is 3.52. The first-order chi connectivity index (χ1) is 8.99. The zero-order valence-corrected chi connectivity index (χ0v) is 13.3. The molecule has 1 aliphatic rings.